The van der Waals surface area contributed by atoms with Crippen molar-refractivity contribution in [1.82, 2.24) is 0 Å². The number of anilines is 1. The lowest BCUT2D eigenvalue weighted by atomic mass is 10.1. The number of benzene rings is 3. The minimum Gasteiger partial charge on any atom is -0.493 e. The number of esters is 1. The monoisotopic (exact) mass is 431 g/mol. The fourth-order valence-electron chi connectivity index (χ4n) is 3.00. The minimum atomic E-state index is -0.428. The van der Waals surface area contributed by atoms with Crippen molar-refractivity contribution < 1.29 is 23.8 Å². The zero-order chi connectivity index (χ0) is 22.9. The number of nitrogens with one attached hydrogen (secondary N) is 1. The van der Waals surface area contributed by atoms with Crippen LogP contribution in [0, 0.1) is 6.92 Å². The lowest BCUT2D eigenvalue weighted by Crippen LogP contribution is -2.08. The molecule has 0 aromatic heterocycles. The maximum atomic E-state index is 12.2. The van der Waals surface area contributed by atoms with Crippen LogP contribution in [0.1, 0.15) is 27.0 Å². The molecule has 6 heteroatoms. The highest BCUT2D eigenvalue weighted by Gasteiger charge is 2.08. The van der Waals surface area contributed by atoms with E-state index < -0.39 is 5.97 Å². The van der Waals surface area contributed by atoms with Crippen LogP contribution in [-0.4, -0.2) is 26.1 Å². The maximum Gasteiger partial charge on any atom is 0.337 e. The first-order valence-corrected chi connectivity index (χ1v) is 10.0. The molecule has 0 saturated heterocycles. The summed E-state index contributed by atoms with van der Waals surface area (Å²) in [5, 5.41) is 2.75. The molecule has 6 nitrogen and oxygen atoms in total. The van der Waals surface area contributed by atoms with Crippen LogP contribution >= 0.6 is 0 Å². The first-order valence-electron chi connectivity index (χ1n) is 10.0. The van der Waals surface area contributed by atoms with Crippen molar-refractivity contribution >= 4 is 23.6 Å². The molecule has 0 aliphatic rings. The van der Waals surface area contributed by atoms with E-state index in [4.69, 9.17) is 9.47 Å². The summed E-state index contributed by atoms with van der Waals surface area (Å²) in [4.78, 5) is 23.7. The molecule has 0 fully saturated rings. The molecule has 0 atom stereocenters. The first-order chi connectivity index (χ1) is 15.5. The summed E-state index contributed by atoms with van der Waals surface area (Å²) >= 11 is 0. The van der Waals surface area contributed by atoms with Gasteiger partial charge < -0.3 is 19.5 Å². The van der Waals surface area contributed by atoms with E-state index in [1.807, 2.05) is 49.4 Å². The molecular weight excluding hydrogens is 406 g/mol. The highest BCUT2D eigenvalue weighted by molar-refractivity contribution is 6.02. The second-order valence-electron chi connectivity index (χ2n) is 7.02. The van der Waals surface area contributed by atoms with E-state index in [-0.39, 0.29) is 5.91 Å². The molecule has 0 radical (unpaired) electrons. The van der Waals surface area contributed by atoms with E-state index in [1.54, 1.807) is 37.5 Å². The molecule has 0 aliphatic heterocycles. The van der Waals surface area contributed by atoms with Crippen molar-refractivity contribution in [1.29, 1.82) is 0 Å². The topological polar surface area (TPSA) is 73.9 Å². The molecule has 0 heterocycles. The largest absolute Gasteiger partial charge is 0.493 e. The van der Waals surface area contributed by atoms with Gasteiger partial charge in [0.2, 0.25) is 5.91 Å². The Morgan fingerprint density at radius 3 is 2.38 bits per heavy atom. The summed E-state index contributed by atoms with van der Waals surface area (Å²) in [6.07, 6.45) is 3.11. The van der Waals surface area contributed by atoms with Gasteiger partial charge in [0.15, 0.2) is 11.5 Å². The van der Waals surface area contributed by atoms with E-state index in [1.165, 1.54) is 13.2 Å². The van der Waals surface area contributed by atoms with Crippen molar-refractivity contribution in [2.75, 3.05) is 19.5 Å². The molecule has 3 rings (SSSR count). The lowest BCUT2D eigenvalue weighted by molar-refractivity contribution is -0.111. The highest BCUT2D eigenvalue weighted by atomic mass is 16.5. The van der Waals surface area contributed by atoms with Crippen molar-refractivity contribution in [2.24, 2.45) is 0 Å². The summed E-state index contributed by atoms with van der Waals surface area (Å²) in [5.74, 6) is 0.486. The van der Waals surface area contributed by atoms with Crippen LogP contribution < -0.4 is 14.8 Å². The Labute approximate surface area is 187 Å². The highest BCUT2D eigenvalue weighted by Crippen LogP contribution is 2.29. The van der Waals surface area contributed by atoms with Crippen molar-refractivity contribution in [3.63, 3.8) is 0 Å². The zero-order valence-electron chi connectivity index (χ0n) is 18.3. The van der Waals surface area contributed by atoms with E-state index in [0.717, 1.165) is 16.7 Å². The fourth-order valence-corrected chi connectivity index (χ4v) is 3.00. The van der Waals surface area contributed by atoms with E-state index in [0.29, 0.717) is 29.4 Å². The van der Waals surface area contributed by atoms with Gasteiger partial charge in [0.25, 0.3) is 0 Å². The van der Waals surface area contributed by atoms with Gasteiger partial charge in [-0.1, -0.05) is 30.3 Å². The van der Waals surface area contributed by atoms with E-state index in [9.17, 15) is 9.59 Å². The molecule has 1 amide bonds. The van der Waals surface area contributed by atoms with Gasteiger partial charge in [-0.25, -0.2) is 4.79 Å². The average Bonchev–Trinajstić information content (AvgIpc) is 2.82. The second-order valence-corrected chi connectivity index (χ2v) is 7.02. The molecular formula is C26H25NO5. The van der Waals surface area contributed by atoms with Gasteiger partial charge in [-0.05, 0) is 66.1 Å². The van der Waals surface area contributed by atoms with Crippen molar-refractivity contribution in [3.8, 4) is 11.5 Å². The Morgan fingerprint density at radius 2 is 1.69 bits per heavy atom. The zero-order valence-corrected chi connectivity index (χ0v) is 18.3. The molecule has 0 unspecified atom stereocenters. The normalized spacial score (nSPS) is 10.6. The number of aryl methyl sites for hydroxylation is 1. The third kappa shape index (κ3) is 5.98. The van der Waals surface area contributed by atoms with Gasteiger partial charge in [0.1, 0.15) is 6.61 Å². The summed E-state index contributed by atoms with van der Waals surface area (Å²) in [6, 6.07) is 20.0. The van der Waals surface area contributed by atoms with Gasteiger partial charge in [-0.15, -0.1) is 0 Å². The molecule has 164 valence electrons. The van der Waals surface area contributed by atoms with Crippen LogP contribution in [-0.2, 0) is 16.1 Å². The first kappa shape index (κ1) is 22.6. The van der Waals surface area contributed by atoms with Gasteiger partial charge in [-0.2, -0.15) is 0 Å². The summed E-state index contributed by atoms with van der Waals surface area (Å²) in [5.41, 5.74) is 4.05. The molecule has 32 heavy (non-hydrogen) atoms. The number of carbonyl (C=O) groups is 2. The van der Waals surface area contributed by atoms with Crippen LogP contribution in [0.4, 0.5) is 5.69 Å². The van der Waals surface area contributed by atoms with Crippen LogP contribution in [0.5, 0.6) is 11.5 Å². The van der Waals surface area contributed by atoms with Gasteiger partial charge in [0.05, 0.1) is 19.8 Å². The van der Waals surface area contributed by atoms with Gasteiger partial charge >= 0.3 is 5.97 Å². The van der Waals surface area contributed by atoms with E-state index in [2.05, 4.69) is 10.1 Å². The lowest BCUT2D eigenvalue weighted by Gasteiger charge is -2.12. The number of carbonyl (C=O) groups excluding carboxylic acids is 2. The van der Waals surface area contributed by atoms with Crippen LogP contribution in [0.15, 0.2) is 72.8 Å². The van der Waals surface area contributed by atoms with Crippen molar-refractivity contribution in [3.05, 3.63) is 95.1 Å². The fraction of sp³-hybridized carbons (Fsp3) is 0.154. The smallest absolute Gasteiger partial charge is 0.337 e. The third-order valence-corrected chi connectivity index (χ3v) is 4.83. The quantitative estimate of drug-likeness (QED) is 0.400. The van der Waals surface area contributed by atoms with Gasteiger partial charge in [-0.3, -0.25) is 4.79 Å². The molecule has 0 aliphatic carbocycles. The Balaban J connectivity index is 1.62. The van der Waals surface area contributed by atoms with Crippen LogP contribution in [0.3, 0.4) is 0 Å². The number of hydrogen-bond donors (Lipinski definition) is 1. The number of methoxy groups -OCH3 is 2. The van der Waals surface area contributed by atoms with E-state index >= 15 is 0 Å². The third-order valence-electron chi connectivity index (χ3n) is 4.83. The number of hydrogen-bond acceptors (Lipinski definition) is 5. The Hall–Kier alpha value is -4.06. The summed E-state index contributed by atoms with van der Waals surface area (Å²) < 4.78 is 16.0. The summed E-state index contributed by atoms with van der Waals surface area (Å²) in [6.45, 7) is 2.48. The van der Waals surface area contributed by atoms with Crippen LogP contribution in [0.25, 0.3) is 6.08 Å². The molecule has 0 bridgehead atoms. The Kier molecular flexibility index (Phi) is 7.65. The molecule has 1 N–H and O–H groups in total. The molecule has 3 aromatic carbocycles. The maximum absolute atomic E-state index is 12.2. The summed E-state index contributed by atoms with van der Waals surface area (Å²) in [7, 11) is 2.90. The standard InChI is InChI=1S/C26H25NO5/c1-18-6-4-5-7-21(18)17-32-23-14-8-19(16-24(23)30-2)9-15-25(28)27-22-12-10-20(11-13-22)26(29)31-3/h4-16H,17H2,1-3H3,(H,27,28). The molecule has 3 aromatic rings. The minimum absolute atomic E-state index is 0.297. The SMILES string of the molecule is COC(=O)c1ccc(NC(=O)C=Cc2ccc(OCc3ccccc3C)c(OC)c2)cc1. The van der Waals surface area contributed by atoms with Crippen molar-refractivity contribution in [2.45, 2.75) is 13.5 Å². The molecule has 0 saturated carbocycles. The number of ether oxygens (including phenoxy) is 3. The predicted octanol–water partition coefficient (Wildman–Crippen LogP) is 5.02. The van der Waals surface area contributed by atoms with Gasteiger partial charge in [0, 0.05) is 11.8 Å². The van der Waals surface area contributed by atoms with Crippen LogP contribution in [0.2, 0.25) is 0 Å². The Bertz CT molecular complexity index is 1120. The Morgan fingerprint density at radius 1 is 0.938 bits per heavy atom. The number of amides is 1. The second kappa shape index (κ2) is 10.8. The average molecular weight is 431 g/mol. The predicted molar refractivity (Wildman–Crippen MR) is 124 cm³/mol. The number of rotatable bonds is 8. The molecule has 0 spiro atoms.